The molecule has 10 nitrogen and oxygen atoms in total. The van der Waals surface area contributed by atoms with Gasteiger partial charge in [-0.25, -0.2) is 4.79 Å². The molecule has 0 aromatic heterocycles. The van der Waals surface area contributed by atoms with Crippen molar-refractivity contribution in [3.63, 3.8) is 0 Å². The predicted molar refractivity (Wildman–Crippen MR) is 165 cm³/mol. The highest BCUT2D eigenvalue weighted by atomic mass is 28.3. The highest BCUT2D eigenvalue weighted by molar-refractivity contribution is 6.48. The number of nitrogens with one attached hydrogen (secondary N) is 1. The second-order valence-electron chi connectivity index (χ2n) is 12.1. The van der Waals surface area contributed by atoms with Crippen molar-refractivity contribution in [2.75, 3.05) is 6.61 Å². The molecule has 0 radical (unpaired) electrons. The summed E-state index contributed by atoms with van der Waals surface area (Å²) in [5.74, 6) is -5.60. The minimum atomic E-state index is -2.37. The Labute approximate surface area is 254 Å². The SMILES string of the molecule is CC(=O)N[C@](Cc1ccccc1)(C(=O)C(=O)O)N1C(=O)C(C(CO[SiH](C)C)C(C)(C)C)N(C(C)=O)C=C1c1ccccc1. The molecule has 1 aliphatic heterocycles. The van der Waals surface area contributed by atoms with Gasteiger partial charge in [0.05, 0.1) is 5.70 Å². The van der Waals surface area contributed by atoms with Crippen LogP contribution in [-0.4, -0.2) is 71.7 Å². The van der Waals surface area contributed by atoms with Gasteiger partial charge < -0.3 is 19.7 Å². The Morgan fingerprint density at radius 1 is 0.977 bits per heavy atom. The Balaban J connectivity index is 2.45. The van der Waals surface area contributed by atoms with Gasteiger partial charge in [0.15, 0.2) is 14.7 Å². The number of rotatable bonds is 11. The molecule has 0 saturated heterocycles. The van der Waals surface area contributed by atoms with Gasteiger partial charge in [0.25, 0.3) is 11.7 Å². The molecule has 0 bridgehead atoms. The van der Waals surface area contributed by atoms with Crippen LogP contribution in [0.25, 0.3) is 5.70 Å². The first-order valence-corrected chi connectivity index (χ1v) is 17.0. The molecule has 0 aliphatic carbocycles. The molecule has 0 spiro atoms. The zero-order valence-corrected chi connectivity index (χ0v) is 26.9. The fourth-order valence-corrected chi connectivity index (χ4v) is 5.98. The van der Waals surface area contributed by atoms with E-state index in [9.17, 15) is 24.3 Å². The third-order valence-corrected chi connectivity index (χ3v) is 8.31. The molecule has 3 rings (SSSR count). The van der Waals surface area contributed by atoms with Crippen LogP contribution in [0.1, 0.15) is 45.7 Å². The van der Waals surface area contributed by atoms with E-state index in [0.717, 1.165) is 11.8 Å². The second-order valence-corrected chi connectivity index (χ2v) is 14.5. The molecule has 3 amide bonds. The number of amides is 3. The van der Waals surface area contributed by atoms with Gasteiger partial charge in [-0.05, 0) is 29.6 Å². The van der Waals surface area contributed by atoms with E-state index in [2.05, 4.69) is 5.32 Å². The van der Waals surface area contributed by atoms with E-state index in [1.165, 1.54) is 18.0 Å². The van der Waals surface area contributed by atoms with Crippen molar-refractivity contribution < 1.29 is 33.5 Å². The quantitative estimate of drug-likeness (QED) is 0.295. The van der Waals surface area contributed by atoms with Crippen LogP contribution in [-0.2, 0) is 34.8 Å². The lowest BCUT2D eigenvalue weighted by Crippen LogP contribution is -2.73. The molecule has 1 heterocycles. The lowest BCUT2D eigenvalue weighted by molar-refractivity contribution is -0.163. The van der Waals surface area contributed by atoms with Crippen molar-refractivity contribution in [1.82, 2.24) is 15.1 Å². The van der Waals surface area contributed by atoms with E-state index in [-0.39, 0.29) is 18.7 Å². The average molecular weight is 608 g/mol. The third-order valence-electron chi connectivity index (χ3n) is 7.45. The molecule has 0 fully saturated rings. The number of Topliss-reactive ketones (excluding diaryl/α,β-unsaturated/α-hetero) is 1. The van der Waals surface area contributed by atoms with E-state index in [1.54, 1.807) is 60.7 Å². The smallest absolute Gasteiger partial charge is 0.376 e. The first kappa shape index (κ1) is 33.4. The average Bonchev–Trinajstić information content (AvgIpc) is 2.92. The van der Waals surface area contributed by atoms with Crippen molar-refractivity contribution >= 4 is 44.2 Å². The van der Waals surface area contributed by atoms with E-state index >= 15 is 4.79 Å². The van der Waals surface area contributed by atoms with Crippen molar-refractivity contribution in [3.05, 3.63) is 78.0 Å². The molecule has 2 N–H and O–H groups in total. The van der Waals surface area contributed by atoms with Crippen LogP contribution in [0.5, 0.6) is 0 Å². The summed E-state index contributed by atoms with van der Waals surface area (Å²) in [4.78, 5) is 69.9. The summed E-state index contributed by atoms with van der Waals surface area (Å²) >= 11 is 0. The van der Waals surface area contributed by atoms with Gasteiger partial charge in [0.1, 0.15) is 6.04 Å². The molecule has 2 aromatic rings. The van der Waals surface area contributed by atoms with Crippen molar-refractivity contribution in [1.29, 1.82) is 0 Å². The summed E-state index contributed by atoms with van der Waals surface area (Å²) < 4.78 is 6.12. The molecule has 2 aromatic carbocycles. The van der Waals surface area contributed by atoms with E-state index in [4.69, 9.17) is 4.43 Å². The number of aliphatic carboxylic acids is 1. The summed E-state index contributed by atoms with van der Waals surface area (Å²) in [5, 5.41) is 12.7. The molecule has 11 heteroatoms. The van der Waals surface area contributed by atoms with Crippen LogP contribution < -0.4 is 5.32 Å². The van der Waals surface area contributed by atoms with Crippen LogP contribution in [0.15, 0.2) is 66.9 Å². The molecule has 0 saturated carbocycles. The lowest BCUT2D eigenvalue weighted by Gasteiger charge is -2.51. The highest BCUT2D eigenvalue weighted by Gasteiger charge is 2.57. The van der Waals surface area contributed by atoms with Crippen LogP contribution in [0.3, 0.4) is 0 Å². The number of hydrogen-bond donors (Lipinski definition) is 2. The van der Waals surface area contributed by atoms with E-state index < -0.39 is 61.6 Å². The number of benzene rings is 2. The van der Waals surface area contributed by atoms with Gasteiger partial charge in [0, 0.05) is 39.0 Å². The van der Waals surface area contributed by atoms with Gasteiger partial charge >= 0.3 is 5.97 Å². The minimum absolute atomic E-state index is 0.100. The van der Waals surface area contributed by atoms with Gasteiger partial charge in [0.2, 0.25) is 11.8 Å². The van der Waals surface area contributed by atoms with Crippen molar-refractivity contribution in [3.8, 4) is 0 Å². The Bertz CT molecular complexity index is 1390. The van der Waals surface area contributed by atoms with Crippen molar-refractivity contribution in [2.24, 2.45) is 11.3 Å². The Morgan fingerprint density at radius 2 is 1.53 bits per heavy atom. The summed E-state index contributed by atoms with van der Waals surface area (Å²) in [7, 11) is -1.56. The first-order valence-electron chi connectivity index (χ1n) is 14.2. The van der Waals surface area contributed by atoms with E-state index in [1.807, 2.05) is 33.9 Å². The van der Waals surface area contributed by atoms with Crippen molar-refractivity contribution in [2.45, 2.75) is 65.8 Å². The fourth-order valence-electron chi connectivity index (χ4n) is 5.39. The maximum atomic E-state index is 15.1. The Kier molecular flexibility index (Phi) is 10.5. The number of ketones is 1. The fraction of sp³-hybridized carbons (Fsp3) is 0.406. The topological polar surface area (TPSA) is 133 Å². The van der Waals surface area contributed by atoms with Crippen LogP contribution in [0.4, 0.5) is 0 Å². The zero-order chi connectivity index (χ0) is 32.1. The molecule has 2 unspecified atom stereocenters. The Morgan fingerprint density at radius 3 is 2.00 bits per heavy atom. The van der Waals surface area contributed by atoms with Crippen LogP contribution in [0.2, 0.25) is 13.1 Å². The largest absolute Gasteiger partial charge is 0.475 e. The standard InChI is InChI=1S/C32H41N3O7Si/c1-21(36)33-32(28(38)30(40)41,18-23-14-10-8-11-15-23)35-26(24-16-12-9-13-17-24)19-34(22(2)37)27(29(35)39)25(31(3,4)5)20-42-43(6)7/h8-17,19,25,27,43H,18,20H2,1-7H3,(H,33,36)(H,40,41)/t25?,27?,32-/m0/s1. The number of carbonyl (C=O) groups excluding carboxylic acids is 4. The first-order chi connectivity index (χ1) is 20.1. The molecule has 1 aliphatic rings. The van der Waals surface area contributed by atoms with Gasteiger partial charge in [-0.3, -0.25) is 24.1 Å². The number of carbonyl (C=O) groups is 5. The normalized spacial score (nSPS) is 17.6. The number of nitrogens with zero attached hydrogens (tertiary/aromatic N) is 2. The number of hydrogen-bond acceptors (Lipinski definition) is 6. The Hall–Kier alpha value is -4.09. The summed E-state index contributed by atoms with van der Waals surface area (Å²) in [6.45, 7) is 12.5. The molecular weight excluding hydrogens is 566 g/mol. The summed E-state index contributed by atoms with van der Waals surface area (Å²) in [5.41, 5.74) is -1.87. The lowest BCUT2D eigenvalue weighted by atomic mass is 9.74. The van der Waals surface area contributed by atoms with Gasteiger partial charge in [-0.1, -0.05) is 81.4 Å². The number of carboxylic acids is 1. The summed E-state index contributed by atoms with van der Waals surface area (Å²) in [6.07, 6.45) is 1.14. The van der Waals surface area contributed by atoms with Crippen LogP contribution in [0, 0.1) is 11.3 Å². The third kappa shape index (κ3) is 7.47. The minimum Gasteiger partial charge on any atom is -0.475 e. The second kappa shape index (κ2) is 13.5. The maximum absolute atomic E-state index is 15.1. The monoisotopic (exact) mass is 607 g/mol. The molecule has 3 atom stereocenters. The zero-order valence-electron chi connectivity index (χ0n) is 25.8. The molecule has 43 heavy (non-hydrogen) atoms. The van der Waals surface area contributed by atoms with E-state index in [0.29, 0.717) is 11.1 Å². The maximum Gasteiger partial charge on any atom is 0.376 e. The van der Waals surface area contributed by atoms with Crippen LogP contribution >= 0.6 is 0 Å². The van der Waals surface area contributed by atoms with Gasteiger partial charge in [-0.15, -0.1) is 0 Å². The predicted octanol–water partition coefficient (Wildman–Crippen LogP) is 3.44. The summed E-state index contributed by atoms with van der Waals surface area (Å²) in [6, 6.07) is 16.0. The van der Waals surface area contributed by atoms with Gasteiger partial charge in [-0.2, -0.15) is 0 Å². The molecule has 230 valence electrons. The molecular formula is C32H41N3O7Si. The highest BCUT2D eigenvalue weighted by Crippen LogP contribution is 2.41. The number of carboxylic acid groups (broad SMARTS) is 1.